The molecule has 0 aliphatic rings. The highest BCUT2D eigenvalue weighted by atomic mass is 16.1. The maximum absolute atomic E-state index is 10.7. The molecule has 0 fully saturated rings. The van der Waals surface area contributed by atoms with Gasteiger partial charge in [0.15, 0.2) is 6.29 Å². The molecule has 0 saturated carbocycles. The van der Waals surface area contributed by atoms with E-state index in [-0.39, 0.29) is 0 Å². The first-order valence-corrected chi connectivity index (χ1v) is 4.04. The Labute approximate surface area is 75.9 Å². The first-order valence-electron chi connectivity index (χ1n) is 4.04. The minimum absolute atomic E-state index is 0.686. The largest absolute Gasteiger partial charge is 0.360 e. The predicted molar refractivity (Wildman–Crippen MR) is 53.8 cm³/mol. The molecule has 2 rings (SSSR count). The zero-order valence-electron chi connectivity index (χ0n) is 7.08. The van der Waals surface area contributed by atoms with Gasteiger partial charge in [-0.15, -0.1) is 0 Å². The van der Waals surface area contributed by atoms with Crippen LogP contribution in [0, 0.1) is 0 Å². The zero-order valence-corrected chi connectivity index (χ0v) is 7.08. The number of fused-ring (bicyclic) bond motifs is 1. The van der Waals surface area contributed by atoms with E-state index in [0.29, 0.717) is 5.56 Å². The first kappa shape index (κ1) is 7.80. The number of benzene rings is 1. The summed E-state index contributed by atoms with van der Waals surface area (Å²) in [6.45, 7) is 3.71. The van der Waals surface area contributed by atoms with Crippen LogP contribution in [0.25, 0.3) is 17.0 Å². The Bertz CT molecular complexity index is 468. The van der Waals surface area contributed by atoms with Crippen LogP contribution < -0.4 is 0 Å². The van der Waals surface area contributed by atoms with Gasteiger partial charge in [0, 0.05) is 22.7 Å². The summed E-state index contributed by atoms with van der Waals surface area (Å²) in [6, 6.07) is 5.82. The van der Waals surface area contributed by atoms with Gasteiger partial charge in [-0.1, -0.05) is 24.8 Å². The summed E-state index contributed by atoms with van der Waals surface area (Å²) < 4.78 is 0. The minimum atomic E-state index is 0.686. The van der Waals surface area contributed by atoms with Crippen LogP contribution in [-0.4, -0.2) is 11.3 Å². The summed E-state index contributed by atoms with van der Waals surface area (Å²) in [7, 11) is 0. The average Bonchev–Trinajstić information content (AvgIpc) is 2.60. The fourth-order valence-corrected chi connectivity index (χ4v) is 1.50. The van der Waals surface area contributed by atoms with E-state index in [1.54, 1.807) is 12.3 Å². The van der Waals surface area contributed by atoms with E-state index in [9.17, 15) is 4.79 Å². The maximum atomic E-state index is 10.7. The third-order valence-electron chi connectivity index (χ3n) is 2.12. The van der Waals surface area contributed by atoms with Gasteiger partial charge >= 0.3 is 0 Å². The fraction of sp³-hybridized carbons (Fsp3) is 0. The van der Waals surface area contributed by atoms with Crippen molar-refractivity contribution in [2.45, 2.75) is 0 Å². The van der Waals surface area contributed by atoms with Crippen molar-refractivity contribution in [2.75, 3.05) is 0 Å². The molecule has 0 spiro atoms. The number of hydrogen-bond acceptors (Lipinski definition) is 1. The smallest absolute Gasteiger partial charge is 0.152 e. The fourth-order valence-electron chi connectivity index (χ4n) is 1.50. The molecule has 1 aromatic heterocycles. The third-order valence-corrected chi connectivity index (χ3v) is 2.12. The lowest BCUT2D eigenvalue weighted by molar-refractivity contribution is 0.112. The van der Waals surface area contributed by atoms with Crippen LogP contribution >= 0.6 is 0 Å². The number of aromatic amines is 1. The van der Waals surface area contributed by atoms with Gasteiger partial charge in [0.1, 0.15) is 0 Å². The summed E-state index contributed by atoms with van der Waals surface area (Å²) in [5.41, 5.74) is 2.64. The van der Waals surface area contributed by atoms with Crippen LogP contribution in [0.2, 0.25) is 0 Å². The van der Waals surface area contributed by atoms with Gasteiger partial charge in [0.25, 0.3) is 0 Å². The molecule has 13 heavy (non-hydrogen) atoms. The van der Waals surface area contributed by atoms with E-state index < -0.39 is 0 Å². The summed E-state index contributed by atoms with van der Waals surface area (Å²) in [6.07, 6.45) is 4.32. The van der Waals surface area contributed by atoms with Crippen molar-refractivity contribution in [3.8, 4) is 0 Å². The highest BCUT2D eigenvalue weighted by molar-refractivity contribution is 6.01. The molecule has 2 aromatic rings. The number of carbonyl (C=O) groups excluding carboxylic acids is 1. The zero-order chi connectivity index (χ0) is 9.26. The van der Waals surface area contributed by atoms with Crippen LogP contribution in [0.4, 0.5) is 0 Å². The van der Waals surface area contributed by atoms with Crippen LogP contribution in [0.15, 0.2) is 31.0 Å². The highest BCUT2D eigenvalue weighted by Gasteiger charge is 2.04. The highest BCUT2D eigenvalue weighted by Crippen LogP contribution is 2.21. The number of carbonyl (C=O) groups is 1. The molecule has 1 N–H and O–H groups in total. The van der Waals surface area contributed by atoms with Crippen molar-refractivity contribution in [2.24, 2.45) is 0 Å². The van der Waals surface area contributed by atoms with Gasteiger partial charge in [-0.2, -0.15) is 0 Å². The predicted octanol–water partition coefficient (Wildman–Crippen LogP) is 2.62. The van der Waals surface area contributed by atoms with E-state index in [2.05, 4.69) is 11.6 Å². The molecule has 2 heteroatoms. The SMILES string of the molecule is C=Cc1cccc2[nH]cc(C=O)c12. The molecule has 0 unspecified atom stereocenters. The monoisotopic (exact) mass is 171 g/mol. The van der Waals surface area contributed by atoms with Crippen molar-refractivity contribution in [3.05, 3.63) is 42.1 Å². The van der Waals surface area contributed by atoms with E-state index >= 15 is 0 Å². The average molecular weight is 171 g/mol. The Balaban J connectivity index is 2.90. The molecule has 2 nitrogen and oxygen atoms in total. The second kappa shape index (κ2) is 2.90. The van der Waals surface area contributed by atoms with Crippen molar-refractivity contribution in [3.63, 3.8) is 0 Å². The van der Waals surface area contributed by atoms with Gasteiger partial charge in [-0.25, -0.2) is 0 Å². The summed E-state index contributed by atoms with van der Waals surface area (Å²) in [5.74, 6) is 0. The Morgan fingerprint density at radius 2 is 2.15 bits per heavy atom. The van der Waals surface area contributed by atoms with E-state index in [0.717, 1.165) is 22.8 Å². The number of rotatable bonds is 2. The van der Waals surface area contributed by atoms with Crippen LogP contribution in [-0.2, 0) is 0 Å². The number of H-pyrrole nitrogens is 1. The van der Waals surface area contributed by atoms with Gasteiger partial charge < -0.3 is 4.98 Å². The molecule has 0 radical (unpaired) electrons. The maximum Gasteiger partial charge on any atom is 0.152 e. The normalized spacial score (nSPS) is 10.2. The van der Waals surface area contributed by atoms with Gasteiger partial charge in [0.2, 0.25) is 0 Å². The number of nitrogens with one attached hydrogen (secondary N) is 1. The van der Waals surface area contributed by atoms with Crippen molar-refractivity contribution < 1.29 is 4.79 Å². The second-order valence-corrected chi connectivity index (χ2v) is 2.84. The molecule has 0 saturated heterocycles. The molecule has 0 bridgehead atoms. The molecular formula is C11H9NO. The van der Waals surface area contributed by atoms with Gasteiger partial charge in [0.05, 0.1) is 0 Å². The topological polar surface area (TPSA) is 32.9 Å². The molecular weight excluding hydrogens is 162 g/mol. The molecule has 1 aromatic carbocycles. The number of aromatic nitrogens is 1. The molecule has 0 atom stereocenters. The Morgan fingerprint density at radius 3 is 2.85 bits per heavy atom. The molecule has 64 valence electrons. The summed E-state index contributed by atoms with van der Waals surface area (Å²) in [4.78, 5) is 13.7. The quantitative estimate of drug-likeness (QED) is 0.692. The van der Waals surface area contributed by atoms with E-state index in [1.165, 1.54) is 0 Å². The molecule has 0 amide bonds. The third kappa shape index (κ3) is 1.07. The number of aldehydes is 1. The molecule has 1 heterocycles. The Kier molecular flexibility index (Phi) is 1.74. The second-order valence-electron chi connectivity index (χ2n) is 2.84. The Hall–Kier alpha value is -1.83. The summed E-state index contributed by atoms with van der Waals surface area (Å²) in [5, 5.41) is 0.951. The van der Waals surface area contributed by atoms with Gasteiger partial charge in [-0.3, -0.25) is 4.79 Å². The van der Waals surface area contributed by atoms with Crippen molar-refractivity contribution >= 4 is 23.3 Å². The van der Waals surface area contributed by atoms with E-state index in [4.69, 9.17) is 0 Å². The van der Waals surface area contributed by atoms with E-state index in [1.807, 2.05) is 18.2 Å². The molecule has 0 aliphatic carbocycles. The standard InChI is InChI=1S/C11H9NO/c1-2-8-4-3-5-10-11(8)9(7-13)6-12-10/h2-7,12H,1H2. The Morgan fingerprint density at radius 1 is 1.31 bits per heavy atom. The lowest BCUT2D eigenvalue weighted by atomic mass is 10.1. The lowest BCUT2D eigenvalue weighted by Crippen LogP contribution is -1.79. The summed E-state index contributed by atoms with van der Waals surface area (Å²) >= 11 is 0. The first-order chi connectivity index (χ1) is 6.36. The van der Waals surface area contributed by atoms with Crippen molar-refractivity contribution in [1.82, 2.24) is 4.98 Å². The van der Waals surface area contributed by atoms with Gasteiger partial charge in [-0.05, 0) is 11.6 Å². The number of hydrogen-bond donors (Lipinski definition) is 1. The van der Waals surface area contributed by atoms with Crippen molar-refractivity contribution in [1.29, 1.82) is 0 Å². The minimum Gasteiger partial charge on any atom is -0.360 e. The molecule has 0 aliphatic heterocycles. The lowest BCUT2D eigenvalue weighted by Gasteiger charge is -1.96. The van der Waals surface area contributed by atoms with Crippen LogP contribution in [0.5, 0.6) is 0 Å². The van der Waals surface area contributed by atoms with Crippen LogP contribution in [0.3, 0.4) is 0 Å². The van der Waals surface area contributed by atoms with Crippen LogP contribution in [0.1, 0.15) is 15.9 Å².